The SMILES string of the molecule is O=C(CCn1nnc2ccccc2c1=O)NCCCOc1cccc2cccnc12. The minimum atomic E-state index is -0.245. The molecule has 4 aromatic rings. The number of carbonyl (C=O) groups excluding carboxylic acids is 1. The van der Waals surface area contributed by atoms with Gasteiger partial charge in [0.05, 0.1) is 18.5 Å². The minimum Gasteiger partial charge on any atom is -0.491 e. The van der Waals surface area contributed by atoms with E-state index in [0.717, 1.165) is 16.7 Å². The summed E-state index contributed by atoms with van der Waals surface area (Å²) in [7, 11) is 0. The molecule has 0 saturated heterocycles. The van der Waals surface area contributed by atoms with E-state index in [2.05, 4.69) is 20.6 Å². The van der Waals surface area contributed by atoms with Crippen LogP contribution in [-0.4, -0.2) is 39.0 Å². The average molecular weight is 403 g/mol. The molecule has 8 nitrogen and oxygen atoms in total. The quantitative estimate of drug-likeness (QED) is 0.453. The van der Waals surface area contributed by atoms with Gasteiger partial charge in [0.25, 0.3) is 5.56 Å². The molecular formula is C22H21N5O3. The Kier molecular flexibility index (Phi) is 5.93. The summed E-state index contributed by atoms with van der Waals surface area (Å²) in [6, 6.07) is 16.7. The molecule has 2 aromatic carbocycles. The number of ether oxygens (including phenoxy) is 1. The smallest absolute Gasteiger partial charge is 0.277 e. The van der Waals surface area contributed by atoms with E-state index in [4.69, 9.17) is 4.74 Å². The molecule has 0 atom stereocenters. The molecule has 4 rings (SSSR count). The molecule has 0 radical (unpaired) electrons. The minimum absolute atomic E-state index is 0.149. The summed E-state index contributed by atoms with van der Waals surface area (Å²) in [5.74, 6) is 0.581. The van der Waals surface area contributed by atoms with Crippen molar-refractivity contribution in [3.05, 3.63) is 71.1 Å². The summed E-state index contributed by atoms with van der Waals surface area (Å²) >= 11 is 0. The topological polar surface area (TPSA) is 99.0 Å². The lowest BCUT2D eigenvalue weighted by Gasteiger charge is -2.09. The maximum absolute atomic E-state index is 12.4. The van der Waals surface area contributed by atoms with Crippen LogP contribution in [0.15, 0.2) is 65.6 Å². The zero-order chi connectivity index (χ0) is 20.8. The summed E-state index contributed by atoms with van der Waals surface area (Å²) < 4.78 is 7.03. The third-order valence-electron chi connectivity index (χ3n) is 4.68. The molecule has 1 N–H and O–H groups in total. The predicted octanol–water partition coefficient (Wildman–Crippen LogP) is 2.32. The summed E-state index contributed by atoms with van der Waals surface area (Å²) in [6.45, 7) is 1.13. The third kappa shape index (κ3) is 4.43. The van der Waals surface area contributed by atoms with Gasteiger partial charge in [-0.15, -0.1) is 5.10 Å². The van der Waals surface area contributed by atoms with E-state index in [1.807, 2.05) is 30.3 Å². The Morgan fingerprint density at radius 2 is 1.93 bits per heavy atom. The fourth-order valence-corrected chi connectivity index (χ4v) is 3.14. The molecule has 0 aliphatic rings. The van der Waals surface area contributed by atoms with E-state index in [0.29, 0.717) is 30.5 Å². The van der Waals surface area contributed by atoms with Crippen molar-refractivity contribution in [3.8, 4) is 5.75 Å². The summed E-state index contributed by atoms with van der Waals surface area (Å²) in [5.41, 5.74) is 1.13. The van der Waals surface area contributed by atoms with Crippen molar-refractivity contribution >= 4 is 27.7 Å². The lowest BCUT2D eigenvalue weighted by Crippen LogP contribution is -2.30. The van der Waals surface area contributed by atoms with Crippen LogP contribution in [0.5, 0.6) is 5.75 Å². The first-order valence-electron chi connectivity index (χ1n) is 9.78. The first kappa shape index (κ1) is 19.5. The number of para-hydroxylation sites is 1. The van der Waals surface area contributed by atoms with Crippen LogP contribution in [-0.2, 0) is 11.3 Å². The fourth-order valence-electron chi connectivity index (χ4n) is 3.14. The van der Waals surface area contributed by atoms with E-state index in [1.54, 1.807) is 30.5 Å². The summed E-state index contributed by atoms with van der Waals surface area (Å²) in [6.07, 6.45) is 2.55. The number of carbonyl (C=O) groups is 1. The molecule has 8 heteroatoms. The van der Waals surface area contributed by atoms with E-state index in [1.165, 1.54) is 4.68 Å². The molecule has 2 heterocycles. The second kappa shape index (κ2) is 9.13. The van der Waals surface area contributed by atoms with Crippen molar-refractivity contribution in [1.82, 2.24) is 25.3 Å². The normalized spacial score (nSPS) is 10.9. The van der Waals surface area contributed by atoms with Gasteiger partial charge in [0.15, 0.2) is 0 Å². The number of aromatic nitrogens is 4. The van der Waals surface area contributed by atoms with Gasteiger partial charge in [0.2, 0.25) is 5.91 Å². The molecule has 0 aliphatic carbocycles. The van der Waals surface area contributed by atoms with Crippen molar-refractivity contribution in [1.29, 1.82) is 0 Å². The van der Waals surface area contributed by atoms with E-state index in [-0.39, 0.29) is 24.4 Å². The van der Waals surface area contributed by atoms with Crippen molar-refractivity contribution in [2.45, 2.75) is 19.4 Å². The Morgan fingerprint density at radius 3 is 2.87 bits per heavy atom. The maximum atomic E-state index is 12.4. The van der Waals surface area contributed by atoms with Gasteiger partial charge >= 0.3 is 0 Å². The van der Waals surface area contributed by atoms with Crippen LogP contribution in [0.3, 0.4) is 0 Å². The lowest BCUT2D eigenvalue weighted by atomic mass is 10.2. The number of pyridine rings is 1. The fraction of sp³-hybridized carbons (Fsp3) is 0.227. The van der Waals surface area contributed by atoms with Crippen LogP contribution in [0, 0.1) is 0 Å². The highest BCUT2D eigenvalue weighted by atomic mass is 16.5. The Hall–Kier alpha value is -3.81. The largest absolute Gasteiger partial charge is 0.491 e. The highest BCUT2D eigenvalue weighted by Crippen LogP contribution is 2.22. The summed E-state index contributed by atoms with van der Waals surface area (Å²) in [4.78, 5) is 28.8. The molecule has 0 fully saturated rings. The Bertz CT molecular complexity index is 1230. The van der Waals surface area contributed by atoms with Crippen LogP contribution in [0.4, 0.5) is 0 Å². The number of nitrogens with zero attached hydrogens (tertiary/aromatic N) is 4. The van der Waals surface area contributed by atoms with Gasteiger partial charge in [0, 0.05) is 24.5 Å². The number of hydrogen-bond acceptors (Lipinski definition) is 6. The van der Waals surface area contributed by atoms with Crippen LogP contribution in [0.25, 0.3) is 21.8 Å². The Morgan fingerprint density at radius 1 is 1.07 bits per heavy atom. The first-order chi connectivity index (χ1) is 14.7. The lowest BCUT2D eigenvalue weighted by molar-refractivity contribution is -0.121. The van der Waals surface area contributed by atoms with Crippen molar-refractivity contribution in [2.75, 3.05) is 13.2 Å². The molecule has 30 heavy (non-hydrogen) atoms. The number of aryl methyl sites for hydroxylation is 1. The number of rotatable bonds is 8. The molecule has 1 amide bonds. The number of fused-ring (bicyclic) bond motifs is 2. The second-order valence-electron chi connectivity index (χ2n) is 6.77. The Balaban J connectivity index is 1.22. The van der Waals surface area contributed by atoms with E-state index < -0.39 is 0 Å². The molecule has 152 valence electrons. The summed E-state index contributed by atoms with van der Waals surface area (Å²) in [5, 5.41) is 12.3. The van der Waals surface area contributed by atoms with Gasteiger partial charge in [-0.05, 0) is 30.7 Å². The van der Waals surface area contributed by atoms with Crippen LogP contribution in [0.1, 0.15) is 12.8 Å². The zero-order valence-electron chi connectivity index (χ0n) is 16.3. The number of hydrogen-bond donors (Lipinski definition) is 1. The van der Waals surface area contributed by atoms with Crippen LogP contribution < -0.4 is 15.6 Å². The van der Waals surface area contributed by atoms with Gasteiger partial charge in [-0.3, -0.25) is 14.6 Å². The molecule has 0 spiro atoms. The van der Waals surface area contributed by atoms with Gasteiger partial charge < -0.3 is 10.1 Å². The molecule has 2 aromatic heterocycles. The van der Waals surface area contributed by atoms with E-state index in [9.17, 15) is 9.59 Å². The first-order valence-corrected chi connectivity index (χ1v) is 9.78. The Labute approximate surface area is 172 Å². The number of nitrogens with one attached hydrogen (secondary N) is 1. The van der Waals surface area contributed by atoms with Gasteiger partial charge in [0.1, 0.15) is 16.8 Å². The highest BCUT2D eigenvalue weighted by Gasteiger charge is 2.08. The second-order valence-corrected chi connectivity index (χ2v) is 6.77. The molecule has 0 saturated carbocycles. The molecule has 0 aliphatic heterocycles. The number of amides is 1. The number of benzene rings is 2. The van der Waals surface area contributed by atoms with Crippen molar-refractivity contribution in [3.63, 3.8) is 0 Å². The molecule has 0 unspecified atom stereocenters. The monoisotopic (exact) mass is 403 g/mol. The average Bonchev–Trinajstić information content (AvgIpc) is 2.78. The predicted molar refractivity (Wildman–Crippen MR) is 113 cm³/mol. The maximum Gasteiger partial charge on any atom is 0.277 e. The standard InChI is InChI=1S/C22H21N5O3/c28-20(11-14-27-22(29)17-8-1-2-9-18(17)25-26-27)23-13-5-15-30-19-10-3-6-16-7-4-12-24-21(16)19/h1-4,6-10,12H,5,11,13-15H2,(H,23,28). The van der Waals surface area contributed by atoms with Crippen LogP contribution >= 0.6 is 0 Å². The molecular weight excluding hydrogens is 382 g/mol. The molecule has 0 bridgehead atoms. The zero-order valence-corrected chi connectivity index (χ0v) is 16.3. The van der Waals surface area contributed by atoms with Gasteiger partial charge in [-0.1, -0.05) is 35.5 Å². The van der Waals surface area contributed by atoms with Gasteiger partial charge in [-0.2, -0.15) is 0 Å². The van der Waals surface area contributed by atoms with E-state index >= 15 is 0 Å². The highest BCUT2D eigenvalue weighted by molar-refractivity contribution is 5.84. The van der Waals surface area contributed by atoms with Crippen LogP contribution in [0.2, 0.25) is 0 Å². The third-order valence-corrected chi connectivity index (χ3v) is 4.68. The van der Waals surface area contributed by atoms with Crippen molar-refractivity contribution in [2.24, 2.45) is 0 Å². The van der Waals surface area contributed by atoms with Gasteiger partial charge in [-0.25, -0.2) is 4.68 Å². The van der Waals surface area contributed by atoms with Crippen molar-refractivity contribution < 1.29 is 9.53 Å².